The van der Waals surface area contributed by atoms with Crippen LogP contribution in [0, 0.1) is 0 Å². The summed E-state index contributed by atoms with van der Waals surface area (Å²) in [7, 11) is 1.47. The van der Waals surface area contributed by atoms with E-state index in [-0.39, 0.29) is 6.54 Å². The molecule has 1 aliphatic heterocycles. The van der Waals surface area contributed by atoms with Crippen LogP contribution < -0.4 is 5.32 Å². The maximum Gasteiger partial charge on any atom is 0.401 e. The third-order valence-electron chi connectivity index (χ3n) is 3.96. The Hall–Kier alpha value is -1.76. The van der Waals surface area contributed by atoms with Crippen LogP contribution in [0.3, 0.4) is 0 Å². The number of benzene rings is 1. The maximum absolute atomic E-state index is 12.3. The van der Waals surface area contributed by atoms with Crippen molar-refractivity contribution in [2.75, 3.05) is 39.8 Å². The van der Waals surface area contributed by atoms with Gasteiger partial charge in [-0.05, 0) is 31.5 Å². The molecule has 1 aromatic rings. The molecule has 0 saturated carbocycles. The first-order chi connectivity index (χ1) is 11.4. The number of nitrogens with one attached hydrogen (secondary N) is 1. The second kappa shape index (κ2) is 8.37. The molecule has 0 unspecified atom stereocenters. The zero-order valence-electron chi connectivity index (χ0n) is 14.2. The van der Waals surface area contributed by atoms with Gasteiger partial charge in [0, 0.05) is 26.2 Å². The molecule has 24 heavy (non-hydrogen) atoms. The number of hydrogen-bond donors (Lipinski definition) is 1. The van der Waals surface area contributed by atoms with E-state index in [0.29, 0.717) is 6.54 Å². The summed E-state index contributed by atoms with van der Waals surface area (Å²) in [4.78, 5) is 7.91. The molecule has 1 aromatic carbocycles. The van der Waals surface area contributed by atoms with Crippen molar-refractivity contribution in [3.8, 4) is 0 Å². The summed E-state index contributed by atoms with van der Waals surface area (Å²) in [5, 5.41) is 3.24. The van der Waals surface area contributed by atoms with Crippen molar-refractivity contribution in [2.45, 2.75) is 26.1 Å². The molecule has 0 aromatic heterocycles. The lowest BCUT2D eigenvalue weighted by atomic mass is 10.0. The van der Waals surface area contributed by atoms with Gasteiger partial charge in [-0.2, -0.15) is 13.2 Å². The third-order valence-corrected chi connectivity index (χ3v) is 3.96. The minimum absolute atomic E-state index is 0.277. The van der Waals surface area contributed by atoms with Gasteiger partial charge in [-0.3, -0.25) is 9.89 Å². The number of aliphatic imine (C=N–C) groups is 1. The molecular formula is C17H25F3N4. The molecule has 0 radical (unpaired) electrons. The van der Waals surface area contributed by atoms with Gasteiger partial charge in [0.2, 0.25) is 0 Å². The highest BCUT2D eigenvalue weighted by atomic mass is 19.4. The first kappa shape index (κ1) is 18.6. The molecule has 1 aliphatic rings. The van der Waals surface area contributed by atoms with Crippen LogP contribution in [0.15, 0.2) is 29.3 Å². The van der Waals surface area contributed by atoms with E-state index in [2.05, 4.69) is 27.3 Å². The second-order valence-corrected chi connectivity index (χ2v) is 6.03. The van der Waals surface area contributed by atoms with Crippen molar-refractivity contribution in [1.29, 1.82) is 0 Å². The van der Waals surface area contributed by atoms with Crippen LogP contribution >= 0.6 is 0 Å². The summed E-state index contributed by atoms with van der Waals surface area (Å²) in [6.45, 7) is 4.07. The van der Waals surface area contributed by atoms with Gasteiger partial charge in [0.25, 0.3) is 0 Å². The van der Waals surface area contributed by atoms with Crippen LogP contribution in [0.5, 0.6) is 0 Å². The van der Waals surface area contributed by atoms with Crippen molar-refractivity contribution in [3.63, 3.8) is 0 Å². The molecular weight excluding hydrogens is 317 g/mol. The molecule has 0 spiro atoms. The van der Waals surface area contributed by atoms with Crippen molar-refractivity contribution in [3.05, 3.63) is 35.4 Å². The van der Waals surface area contributed by atoms with Crippen molar-refractivity contribution in [2.24, 2.45) is 4.99 Å². The van der Waals surface area contributed by atoms with Crippen LogP contribution in [-0.2, 0) is 13.0 Å². The van der Waals surface area contributed by atoms with Gasteiger partial charge in [-0.15, -0.1) is 0 Å². The van der Waals surface area contributed by atoms with Gasteiger partial charge in [-0.25, -0.2) is 0 Å². The number of guanidine groups is 1. The SMILES string of the molecule is CCNC(=NCCN(C)CC(F)(F)F)N1CCc2ccccc2C1. The number of alkyl halides is 3. The van der Waals surface area contributed by atoms with E-state index < -0.39 is 12.7 Å². The smallest absolute Gasteiger partial charge is 0.357 e. The quantitative estimate of drug-likeness (QED) is 0.659. The van der Waals surface area contributed by atoms with Gasteiger partial charge >= 0.3 is 6.18 Å². The van der Waals surface area contributed by atoms with E-state index in [1.807, 2.05) is 19.1 Å². The fourth-order valence-corrected chi connectivity index (χ4v) is 2.81. The predicted molar refractivity (Wildman–Crippen MR) is 90.1 cm³/mol. The lowest BCUT2D eigenvalue weighted by molar-refractivity contribution is -0.142. The summed E-state index contributed by atoms with van der Waals surface area (Å²) < 4.78 is 37.0. The Morgan fingerprint density at radius 3 is 2.67 bits per heavy atom. The Morgan fingerprint density at radius 1 is 1.29 bits per heavy atom. The summed E-state index contributed by atoms with van der Waals surface area (Å²) in [6, 6.07) is 8.33. The first-order valence-corrected chi connectivity index (χ1v) is 8.24. The second-order valence-electron chi connectivity index (χ2n) is 6.03. The van der Waals surface area contributed by atoms with Gasteiger partial charge in [-0.1, -0.05) is 24.3 Å². The average Bonchev–Trinajstić information content (AvgIpc) is 2.52. The van der Waals surface area contributed by atoms with Crippen LogP contribution in [0.25, 0.3) is 0 Å². The number of hydrogen-bond acceptors (Lipinski definition) is 2. The standard InChI is InChI=1S/C17H25F3N4/c1-3-21-16(22-9-11-23(2)13-17(18,19)20)24-10-8-14-6-4-5-7-15(14)12-24/h4-7H,3,8-13H2,1-2H3,(H,21,22). The van der Waals surface area contributed by atoms with E-state index in [9.17, 15) is 13.2 Å². The van der Waals surface area contributed by atoms with Crippen molar-refractivity contribution >= 4 is 5.96 Å². The molecule has 0 amide bonds. The lowest BCUT2D eigenvalue weighted by Crippen LogP contribution is -2.44. The highest BCUT2D eigenvalue weighted by Gasteiger charge is 2.28. The lowest BCUT2D eigenvalue weighted by Gasteiger charge is -2.31. The molecule has 1 N–H and O–H groups in total. The first-order valence-electron chi connectivity index (χ1n) is 8.24. The fourth-order valence-electron chi connectivity index (χ4n) is 2.81. The van der Waals surface area contributed by atoms with Gasteiger partial charge in [0.05, 0.1) is 13.1 Å². The number of rotatable bonds is 5. The molecule has 7 heteroatoms. The number of likely N-dealkylation sites (N-methyl/N-ethyl adjacent to an activating group) is 1. The molecule has 0 aliphatic carbocycles. The highest BCUT2D eigenvalue weighted by molar-refractivity contribution is 5.80. The molecule has 1 heterocycles. The van der Waals surface area contributed by atoms with Crippen LogP contribution in [0.1, 0.15) is 18.1 Å². The summed E-state index contributed by atoms with van der Waals surface area (Å²) in [6.07, 6.45) is -3.21. The molecule has 2 rings (SSSR count). The van der Waals surface area contributed by atoms with Crippen molar-refractivity contribution in [1.82, 2.24) is 15.1 Å². The summed E-state index contributed by atoms with van der Waals surface area (Å²) in [5.74, 6) is 0.771. The Labute approximate surface area is 141 Å². The van der Waals surface area contributed by atoms with Crippen LogP contribution in [0.2, 0.25) is 0 Å². The minimum atomic E-state index is -4.17. The topological polar surface area (TPSA) is 30.9 Å². The molecule has 0 saturated heterocycles. The minimum Gasteiger partial charge on any atom is -0.357 e. The third kappa shape index (κ3) is 5.70. The van der Waals surface area contributed by atoms with E-state index in [1.54, 1.807) is 0 Å². The Kier molecular flexibility index (Phi) is 6.48. The van der Waals surface area contributed by atoms with Crippen LogP contribution in [0.4, 0.5) is 13.2 Å². The summed E-state index contributed by atoms with van der Waals surface area (Å²) >= 11 is 0. The fraction of sp³-hybridized carbons (Fsp3) is 0.588. The molecule has 0 fully saturated rings. The zero-order chi connectivity index (χ0) is 17.6. The van der Waals surface area contributed by atoms with Crippen molar-refractivity contribution < 1.29 is 13.2 Å². The Balaban J connectivity index is 1.94. The van der Waals surface area contributed by atoms with E-state index in [4.69, 9.17) is 0 Å². The molecule has 134 valence electrons. The van der Waals surface area contributed by atoms with E-state index in [0.717, 1.165) is 32.0 Å². The van der Waals surface area contributed by atoms with E-state index in [1.165, 1.54) is 23.1 Å². The monoisotopic (exact) mass is 342 g/mol. The predicted octanol–water partition coefficient (Wildman–Crippen LogP) is 2.50. The van der Waals surface area contributed by atoms with Gasteiger partial charge in [0.1, 0.15) is 0 Å². The number of halogens is 3. The van der Waals surface area contributed by atoms with E-state index >= 15 is 0 Å². The van der Waals surface area contributed by atoms with Crippen LogP contribution in [-0.4, -0.2) is 61.7 Å². The normalized spacial score (nSPS) is 15.6. The van der Waals surface area contributed by atoms with Gasteiger partial charge < -0.3 is 10.2 Å². The Bertz CT molecular complexity index is 557. The molecule has 0 atom stereocenters. The summed E-state index contributed by atoms with van der Waals surface area (Å²) in [5.41, 5.74) is 2.64. The Morgan fingerprint density at radius 2 is 2.00 bits per heavy atom. The maximum atomic E-state index is 12.3. The van der Waals surface area contributed by atoms with Gasteiger partial charge in [0.15, 0.2) is 5.96 Å². The molecule has 0 bridgehead atoms. The molecule has 4 nitrogen and oxygen atoms in total. The number of nitrogens with zero attached hydrogens (tertiary/aromatic N) is 3. The highest BCUT2D eigenvalue weighted by Crippen LogP contribution is 2.18. The average molecular weight is 342 g/mol. The zero-order valence-corrected chi connectivity index (χ0v) is 14.2. The number of fused-ring (bicyclic) bond motifs is 1. The largest absolute Gasteiger partial charge is 0.401 e.